The van der Waals surface area contributed by atoms with Gasteiger partial charge >= 0.3 is 0 Å². The zero-order chi connectivity index (χ0) is 9.97. The summed E-state index contributed by atoms with van der Waals surface area (Å²) in [6, 6.07) is 9.91. The monoisotopic (exact) mass is 187 g/mol. The van der Waals surface area contributed by atoms with Gasteiger partial charge in [0.05, 0.1) is 11.6 Å². The maximum absolute atomic E-state index is 8.51. The minimum atomic E-state index is 0.918. The van der Waals surface area contributed by atoms with Gasteiger partial charge in [-0.2, -0.15) is 0 Å². The lowest BCUT2D eigenvalue weighted by molar-refractivity contribution is -0.644. The number of benzene rings is 1. The molecule has 0 aliphatic rings. The number of rotatable bonds is 1. The molecule has 0 fully saturated rings. The molecule has 1 aromatic heterocycles. The van der Waals surface area contributed by atoms with E-state index in [9.17, 15) is 0 Å². The van der Waals surface area contributed by atoms with Gasteiger partial charge in [-0.05, 0) is 6.07 Å². The van der Waals surface area contributed by atoms with Gasteiger partial charge in [-0.1, -0.05) is 17.3 Å². The first-order valence-electron chi connectivity index (χ1n) is 4.38. The van der Waals surface area contributed by atoms with E-state index in [1.165, 1.54) is 6.21 Å². The largest absolute Gasteiger partial charge is 0.411 e. The molecule has 1 N–H and O–H groups in total. The number of para-hydroxylation sites is 1. The van der Waals surface area contributed by atoms with E-state index >= 15 is 0 Å². The Hall–Kier alpha value is -1.90. The number of nitrogens with zero attached hydrogens (tertiary/aromatic N) is 2. The molecule has 0 saturated carbocycles. The van der Waals surface area contributed by atoms with Gasteiger partial charge in [-0.25, -0.2) is 4.57 Å². The van der Waals surface area contributed by atoms with E-state index in [1.807, 2.05) is 48.1 Å². The molecule has 1 aromatic carbocycles. The lowest BCUT2D eigenvalue weighted by Gasteiger charge is -1.98. The molecular formula is C11H11N2O+. The fraction of sp³-hybridized carbons (Fsp3) is 0.0909. The summed E-state index contributed by atoms with van der Waals surface area (Å²) in [7, 11) is 1.99. The molecule has 0 spiro atoms. The summed E-state index contributed by atoms with van der Waals surface area (Å²) >= 11 is 0. The molecule has 3 heteroatoms. The lowest BCUT2D eigenvalue weighted by atomic mass is 10.1. The predicted octanol–water partition coefficient (Wildman–Crippen LogP) is 1.47. The van der Waals surface area contributed by atoms with Crippen LogP contribution < -0.4 is 4.57 Å². The van der Waals surface area contributed by atoms with Crippen molar-refractivity contribution in [1.82, 2.24) is 0 Å². The Balaban J connectivity index is 2.81. The molecular weight excluding hydrogens is 176 g/mol. The number of fused-ring (bicyclic) bond motifs is 1. The quantitative estimate of drug-likeness (QED) is 0.312. The van der Waals surface area contributed by atoms with Gasteiger partial charge in [0.25, 0.3) is 0 Å². The Morgan fingerprint density at radius 3 is 2.86 bits per heavy atom. The SMILES string of the molecule is C[n+]1ccc(/C=N/O)c2ccccc21. The fourth-order valence-corrected chi connectivity index (χ4v) is 1.56. The molecule has 3 nitrogen and oxygen atoms in total. The molecule has 0 unspecified atom stereocenters. The first kappa shape index (κ1) is 8.69. The van der Waals surface area contributed by atoms with Crippen molar-refractivity contribution in [3.05, 3.63) is 42.1 Å². The van der Waals surface area contributed by atoms with Crippen molar-refractivity contribution in [3.8, 4) is 0 Å². The van der Waals surface area contributed by atoms with Crippen LogP contribution in [0.4, 0.5) is 0 Å². The highest BCUT2D eigenvalue weighted by molar-refractivity contribution is 5.96. The third-order valence-corrected chi connectivity index (χ3v) is 2.27. The van der Waals surface area contributed by atoms with Crippen LogP contribution >= 0.6 is 0 Å². The van der Waals surface area contributed by atoms with Gasteiger partial charge < -0.3 is 5.21 Å². The molecule has 0 bridgehead atoms. The molecule has 70 valence electrons. The predicted molar refractivity (Wildman–Crippen MR) is 54.5 cm³/mol. The van der Waals surface area contributed by atoms with E-state index in [2.05, 4.69) is 5.16 Å². The molecule has 0 aliphatic carbocycles. The second-order valence-electron chi connectivity index (χ2n) is 3.14. The number of aromatic nitrogens is 1. The normalized spacial score (nSPS) is 11.2. The van der Waals surface area contributed by atoms with Crippen LogP contribution in [0.5, 0.6) is 0 Å². The Labute approximate surface area is 81.9 Å². The maximum Gasteiger partial charge on any atom is 0.212 e. The van der Waals surface area contributed by atoms with Crippen molar-refractivity contribution in [2.24, 2.45) is 12.2 Å². The van der Waals surface area contributed by atoms with E-state index in [0.717, 1.165) is 16.5 Å². The first-order valence-corrected chi connectivity index (χ1v) is 4.38. The summed E-state index contributed by atoms with van der Waals surface area (Å²) in [5.41, 5.74) is 2.03. The molecule has 0 aliphatic heterocycles. The van der Waals surface area contributed by atoms with E-state index < -0.39 is 0 Å². The molecule has 0 atom stereocenters. The van der Waals surface area contributed by atoms with Crippen LogP contribution in [0.2, 0.25) is 0 Å². The van der Waals surface area contributed by atoms with E-state index in [-0.39, 0.29) is 0 Å². The van der Waals surface area contributed by atoms with E-state index in [4.69, 9.17) is 5.21 Å². The van der Waals surface area contributed by atoms with Crippen molar-refractivity contribution in [3.63, 3.8) is 0 Å². The Kier molecular flexibility index (Phi) is 2.14. The number of hydrogen-bond donors (Lipinski definition) is 1. The summed E-state index contributed by atoms with van der Waals surface area (Å²) < 4.78 is 2.03. The highest BCUT2D eigenvalue weighted by atomic mass is 16.4. The van der Waals surface area contributed by atoms with Crippen LogP contribution in [0.15, 0.2) is 41.7 Å². The van der Waals surface area contributed by atoms with E-state index in [0.29, 0.717) is 0 Å². The maximum atomic E-state index is 8.51. The van der Waals surface area contributed by atoms with Crippen LogP contribution in [-0.4, -0.2) is 11.4 Å². The van der Waals surface area contributed by atoms with Crippen molar-refractivity contribution in [1.29, 1.82) is 0 Å². The van der Waals surface area contributed by atoms with Crippen molar-refractivity contribution < 1.29 is 9.77 Å². The van der Waals surface area contributed by atoms with Gasteiger partial charge in [-0.15, -0.1) is 0 Å². The van der Waals surface area contributed by atoms with Crippen molar-refractivity contribution in [2.45, 2.75) is 0 Å². The molecule has 0 amide bonds. The fourth-order valence-electron chi connectivity index (χ4n) is 1.56. The third kappa shape index (κ3) is 1.33. The van der Waals surface area contributed by atoms with Gasteiger partial charge in [0.2, 0.25) is 5.52 Å². The highest BCUT2D eigenvalue weighted by Gasteiger charge is 2.06. The van der Waals surface area contributed by atoms with Crippen molar-refractivity contribution >= 4 is 17.1 Å². The van der Waals surface area contributed by atoms with Crippen LogP contribution in [0.1, 0.15) is 5.56 Å². The van der Waals surface area contributed by atoms with Gasteiger partial charge in [0.1, 0.15) is 7.05 Å². The minimum absolute atomic E-state index is 0.918. The Bertz CT molecular complexity index is 492. The van der Waals surface area contributed by atoms with Gasteiger partial charge in [0.15, 0.2) is 6.20 Å². The highest BCUT2D eigenvalue weighted by Crippen LogP contribution is 2.12. The Morgan fingerprint density at radius 1 is 1.29 bits per heavy atom. The van der Waals surface area contributed by atoms with Gasteiger partial charge in [0, 0.05) is 17.7 Å². The lowest BCUT2D eigenvalue weighted by Crippen LogP contribution is -2.28. The topological polar surface area (TPSA) is 36.5 Å². The Morgan fingerprint density at radius 2 is 2.07 bits per heavy atom. The molecule has 0 radical (unpaired) electrons. The summed E-state index contributed by atoms with van der Waals surface area (Å²) in [5.74, 6) is 0. The second kappa shape index (κ2) is 3.46. The number of pyridine rings is 1. The van der Waals surface area contributed by atoms with Gasteiger partial charge in [-0.3, -0.25) is 0 Å². The number of aryl methyl sites for hydroxylation is 1. The van der Waals surface area contributed by atoms with Crippen LogP contribution in [0, 0.1) is 0 Å². The van der Waals surface area contributed by atoms with Crippen LogP contribution in [-0.2, 0) is 7.05 Å². The van der Waals surface area contributed by atoms with E-state index in [1.54, 1.807) is 0 Å². The number of hydrogen-bond acceptors (Lipinski definition) is 2. The average molecular weight is 187 g/mol. The molecule has 0 saturated heterocycles. The summed E-state index contributed by atoms with van der Waals surface area (Å²) in [6.07, 6.45) is 3.39. The second-order valence-corrected chi connectivity index (χ2v) is 3.14. The molecule has 2 rings (SSSR count). The minimum Gasteiger partial charge on any atom is -0.411 e. The third-order valence-electron chi connectivity index (χ3n) is 2.27. The van der Waals surface area contributed by atoms with Crippen LogP contribution in [0.25, 0.3) is 10.9 Å². The molecule has 2 aromatic rings. The van der Waals surface area contributed by atoms with Crippen LogP contribution in [0.3, 0.4) is 0 Å². The summed E-state index contributed by atoms with van der Waals surface area (Å²) in [6.45, 7) is 0. The molecule has 14 heavy (non-hydrogen) atoms. The average Bonchev–Trinajstić information content (AvgIpc) is 2.23. The number of oxime groups is 1. The standard InChI is InChI=1S/C11H10N2O/c1-13-7-6-9(8-12-14)10-4-2-3-5-11(10)13/h2-8H,1H3/p+1. The molecule has 1 heterocycles. The summed E-state index contributed by atoms with van der Waals surface area (Å²) in [5, 5.41) is 12.6. The van der Waals surface area contributed by atoms with Crippen molar-refractivity contribution in [2.75, 3.05) is 0 Å². The first-order chi connectivity index (χ1) is 6.83. The summed E-state index contributed by atoms with van der Waals surface area (Å²) in [4.78, 5) is 0. The zero-order valence-electron chi connectivity index (χ0n) is 7.88. The smallest absolute Gasteiger partial charge is 0.212 e. The zero-order valence-corrected chi connectivity index (χ0v) is 7.88.